The van der Waals surface area contributed by atoms with E-state index in [4.69, 9.17) is 0 Å². The Morgan fingerprint density at radius 3 is 2.23 bits per heavy atom. The lowest BCUT2D eigenvalue weighted by Gasteiger charge is -2.26. The van der Waals surface area contributed by atoms with Crippen LogP contribution in [-0.2, 0) is 21.4 Å². The van der Waals surface area contributed by atoms with Crippen LogP contribution >= 0.6 is 11.8 Å². The predicted molar refractivity (Wildman–Crippen MR) is 108 cm³/mol. The van der Waals surface area contributed by atoms with Gasteiger partial charge in [0.05, 0.1) is 11.9 Å². The molecule has 0 aliphatic heterocycles. The molecule has 26 heavy (non-hydrogen) atoms. The maximum atomic E-state index is 12.6. The number of sulfonamides is 1. The Morgan fingerprint density at radius 1 is 1.08 bits per heavy atom. The highest BCUT2D eigenvalue weighted by atomic mass is 32.2. The maximum Gasteiger partial charge on any atom is 0.243 e. The summed E-state index contributed by atoms with van der Waals surface area (Å²) in [6, 6.07) is 15.1. The highest BCUT2D eigenvalue weighted by molar-refractivity contribution is 7.98. The van der Waals surface area contributed by atoms with Gasteiger partial charge in [0, 0.05) is 18.5 Å². The van der Waals surface area contributed by atoms with Gasteiger partial charge in [-0.1, -0.05) is 30.3 Å². The van der Waals surface area contributed by atoms with Gasteiger partial charge in [0.25, 0.3) is 0 Å². The van der Waals surface area contributed by atoms with Crippen molar-refractivity contribution in [2.75, 3.05) is 30.4 Å². The third kappa shape index (κ3) is 5.25. The minimum Gasteiger partial charge on any atom is -0.340 e. The Bertz CT molecular complexity index is 865. The van der Waals surface area contributed by atoms with Crippen LogP contribution in [0, 0.1) is 6.92 Å². The van der Waals surface area contributed by atoms with Crippen LogP contribution in [0.15, 0.2) is 53.4 Å². The quantitative estimate of drug-likeness (QED) is 0.679. The molecule has 2 aromatic carbocycles. The molecular weight excluding hydrogens is 368 g/mol. The summed E-state index contributed by atoms with van der Waals surface area (Å²) in [7, 11) is -1.88. The Balaban J connectivity index is 2.14. The fourth-order valence-electron chi connectivity index (χ4n) is 2.56. The lowest BCUT2D eigenvalue weighted by molar-refractivity contribution is -0.128. The number of anilines is 1. The number of hydrogen-bond acceptors (Lipinski definition) is 4. The summed E-state index contributed by atoms with van der Waals surface area (Å²) in [5.41, 5.74) is 2.34. The van der Waals surface area contributed by atoms with Gasteiger partial charge in [0.15, 0.2) is 0 Å². The van der Waals surface area contributed by atoms with Crippen molar-refractivity contribution in [1.29, 1.82) is 0 Å². The minimum absolute atomic E-state index is 0.219. The van der Waals surface area contributed by atoms with Crippen molar-refractivity contribution in [1.82, 2.24) is 4.90 Å². The first-order valence-corrected chi connectivity index (χ1v) is 11.2. The van der Waals surface area contributed by atoms with Crippen LogP contribution in [0.1, 0.15) is 11.1 Å². The number of nitrogens with zero attached hydrogens (tertiary/aromatic N) is 2. The smallest absolute Gasteiger partial charge is 0.243 e. The van der Waals surface area contributed by atoms with Crippen LogP contribution < -0.4 is 4.31 Å². The van der Waals surface area contributed by atoms with Gasteiger partial charge < -0.3 is 4.90 Å². The van der Waals surface area contributed by atoms with Crippen LogP contribution in [0.5, 0.6) is 0 Å². The van der Waals surface area contributed by atoms with E-state index in [9.17, 15) is 13.2 Å². The predicted octanol–water partition coefficient (Wildman–Crippen LogP) is 3.14. The van der Waals surface area contributed by atoms with E-state index >= 15 is 0 Å². The molecule has 0 spiro atoms. The molecule has 0 unspecified atom stereocenters. The second-order valence-corrected chi connectivity index (χ2v) is 8.94. The van der Waals surface area contributed by atoms with E-state index in [-0.39, 0.29) is 12.5 Å². The Hall–Kier alpha value is -1.99. The van der Waals surface area contributed by atoms with E-state index in [1.165, 1.54) is 0 Å². The van der Waals surface area contributed by atoms with Gasteiger partial charge in [-0.05, 0) is 42.5 Å². The molecule has 0 aliphatic carbocycles. The van der Waals surface area contributed by atoms with E-state index in [2.05, 4.69) is 0 Å². The molecule has 0 heterocycles. The van der Waals surface area contributed by atoms with Gasteiger partial charge in [-0.25, -0.2) is 8.42 Å². The Kier molecular flexibility index (Phi) is 6.72. The fraction of sp³-hybridized carbons (Fsp3) is 0.316. The highest BCUT2D eigenvalue weighted by Gasteiger charge is 2.23. The molecule has 0 fully saturated rings. The van der Waals surface area contributed by atoms with Crippen molar-refractivity contribution in [2.45, 2.75) is 18.4 Å². The molecule has 7 heteroatoms. The third-order valence-corrected chi connectivity index (χ3v) is 5.94. The van der Waals surface area contributed by atoms with Crippen molar-refractivity contribution < 1.29 is 13.2 Å². The fourth-order valence-corrected chi connectivity index (χ4v) is 3.88. The van der Waals surface area contributed by atoms with Crippen molar-refractivity contribution >= 4 is 33.4 Å². The van der Waals surface area contributed by atoms with Gasteiger partial charge in [-0.3, -0.25) is 9.10 Å². The zero-order valence-electron chi connectivity index (χ0n) is 15.5. The molecule has 140 valence electrons. The van der Waals surface area contributed by atoms with Crippen LogP contribution in [0.25, 0.3) is 0 Å². The second-order valence-electron chi connectivity index (χ2n) is 6.15. The third-order valence-electron chi connectivity index (χ3n) is 4.07. The first-order valence-electron chi connectivity index (χ1n) is 8.12. The summed E-state index contributed by atoms with van der Waals surface area (Å²) in [5.74, 6) is -0.257. The molecule has 1 amide bonds. The summed E-state index contributed by atoms with van der Waals surface area (Å²) in [6.07, 6.45) is 3.13. The summed E-state index contributed by atoms with van der Waals surface area (Å²) in [4.78, 5) is 15.3. The Morgan fingerprint density at radius 2 is 1.69 bits per heavy atom. The maximum absolute atomic E-state index is 12.6. The lowest BCUT2D eigenvalue weighted by Crippen LogP contribution is -2.41. The average molecular weight is 393 g/mol. The summed E-state index contributed by atoms with van der Waals surface area (Å²) < 4.78 is 25.6. The standard InChI is InChI=1S/C19H24N2O3S2/c1-15-7-5-6-8-18(15)21(26(4,23)24)14-19(22)20(2)13-16-9-11-17(25-3)12-10-16/h5-12H,13-14H2,1-4H3. The normalized spacial score (nSPS) is 11.2. The number of benzene rings is 2. The summed E-state index contributed by atoms with van der Waals surface area (Å²) in [5, 5.41) is 0. The largest absolute Gasteiger partial charge is 0.340 e. The van der Waals surface area contributed by atoms with Gasteiger partial charge >= 0.3 is 0 Å². The molecule has 0 saturated carbocycles. The molecule has 2 rings (SSSR count). The molecule has 0 bridgehead atoms. The molecule has 0 aromatic heterocycles. The van der Waals surface area contributed by atoms with Gasteiger partial charge in [0.1, 0.15) is 6.54 Å². The van der Waals surface area contributed by atoms with E-state index in [1.807, 2.05) is 49.6 Å². The van der Waals surface area contributed by atoms with Crippen molar-refractivity contribution in [2.24, 2.45) is 0 Å². The van der Waals surface area contributed by atoms with Gasteiger partial charge in [-0.2, -0.15) is 0 Å². The molecule has 5 nitrogen and oxygen atoms in total. The summed E-state index contributed by atoms with van der Waals surface area (Å²) >= 11 is 1.66. The summed E-state index contributed by atoms with van der Waals surface area (Å²) in [6.45, 7) is 2.04. The minimum atomic E-state index is -3.57. The lowest BCUT2D eigenvalue weighted by atomic mass is 10.2. The first kappa shape index (κ1) is 20.3. The number of thioether (sulfide) groups is 1. The van der Waals surface area contributed by atoms with E-state index in [1.54, 1.807) is 35.8 Å². The number of para-hydroxylation sites is 1. The molecule has 2 aromatic rings. The van der Waals surface area contributed by atoms with E-state index < -0.39 is 10.0 Å². The second kappa shape index (κ2) is 8.60. The topological polar surface area (TPSA) is 57.7 Å². The van der Waals surface area contributed by atoms with Crippen LogP contribution in [0.4, 0.5) is 5.69 Å². The van der Waals surface area contributed by atoms with E-state index in [0.29, 0.717) is 12.2 Å². The number of amides is 1. The highest BCUT2D eigenvalue weighted by Crippen LogP contribution is 2.22. The SMILES string of the molecule is CSc1ccc(CN(C)C(=O)CN(c2ccccc2C)S(C)(=O)=O)cc1. The Labute approximate surface area is 160 Å². The van der Waals surface area contributed by atoms with Crippen LogP contribution in [-0.4, -0.2) is 45.3 Å². The molecular formula is C19H24N2O3S2. The zero-order valence-corrected chi connectivity index (χ0v) is 17.1. The van der Waals surface area contributed by atoms with Gasteiger partial charge in [-0.15, -0.1) is 11.8 Å². The first-order chi connectivity index (χ1) is 12.2. The number of hydrogen-bond donors (Lipinski definition) is 0. The van der Waals surface area contributed by atoms with Gasteiger partial charge in [0.2, 0.25) is 15.9 Å². The van der Waals surface area contributed by atoms with E-state index in [0.717, 1.165) is 26.6 Å². The molecule has 0 radical (unpaired) electrons. The molecule has 0 atom stereocenters. The average Bonchev–Trinajstić information content (AvgIpc) is 2.60. The monoisotopic (exact) mass is 392 g/mol. The molecule has 0 N–H and O–H groups in total. The molecule has 0 saturated heterocycles. The number of carbonyl (C=O) groups excluding carboxylic acids is 1. The van der Waals surface area contributed by atoms with Crippen molar-refractivity contribution in [3.05, 3.63) is 59.7 Å². The zero-order chi connectivity index (χ0) is 19.3. The number of likely N-dealkylation sites (N-methyl/N-ethyl adjacent to an activating group) is 1. The van der Waals surface area contributed by atoms with Crippen LogP contribution in [0.2, 0.25) is 0 Å². The molecule has 0 aliphatic rings. The number of rotatable bonds is 7. The number of aryl methyl sites for hydroxylation is 1. The van der Waals surface area contributed by atoms with Crippen molar-refractivity contribution in [3.63, 3.8) is 0 Å². The van der Waals surface area contributed by atoms with Crippen molar-refractivity contribution in [3.8, 4) is 0 Å². The number of carbonyl (C=O) groups is 1. The van der Waals surface area contributed by atoms with Crippen LogP contribution in [0.3, 0.4) is 0 Å².